The van der Waals surface area contributed by atoms with E-state index in [9.17, 15) is 24.3 Å². The van der Waals surface area contributed by atoms with Crippen LogP contribution in [-0.4, -0.2) is 81.5 Å². The number of nitrogens with two attached hydrogens (primary N) is 1. The largest absolute Gasteiger partial charge is 0.390 e. The van der Waals surface area contributed by atoms with Crippen molar-refractivity contribution in [3.8, 4) is 0 Å². The number of para-hydroxylation sites is 1. The van der Waals surface area contributed by atoms with E-state index in [-0.39, 0.29) is 24.6 Å². The Kier molecular flexibility index (Phi) is 11.7. The third-order valence-electron chi connectivity index (χ3n) is 9.67. The molecule has 3 aromatic rings. The number of pyridine rings is 1. The maximum absolute atomic E-state index is 13.8. The molecule has 2 aliphatic rings. The summed E-state index contributed by atoms with van der Waals surface area (Å²) in [6.07, 6.45) is 4.03. The number of aliphatic hydroxyl groups excluding tert-OH is 1. The molecule has 49 heavy (non-hydrogen) atoms. The van der Waals surface area contributed by atoms with Gasteiger partial charge in [0.15, 0.2) is 0 Å². The predicted octanol–water partition coefficient (Wildman–Crippen LogP) is 3.09. The van der Waals surface area contributed by atoms with Gasteiger partial charge in [0.25, 0.3) is 5.91 Å². The second kappa shape index (κ2) is 15.9. The van der Waals surface area contributed by atoms with Gasteiger partial charge in [-0.2, -0.15) is 0 Å². The van der Waals surface area contributed by atoms with Gasteiger partial charge in [0.2, 0.25) is 17.7 Å². The van der Waals surface area contributed by atoms with Crippen molar-refractivity contribution in [1.82, 2.24) is 25.8 Å². The molecule has 1 saturated carbocycles. The average Bonchev–Trinajstić information content (AvgIpc) is 3.06. The fourth-order valence-electron chi connectivity index (χ4n) is 7.26. The van der Waals surface area contributed by atoms with Crippen molar-refractivity contribution in [3.05, 3.63) is 78.0 Å². The zero-order chi connectivity index (χ0) is 35.1. The van der Waals surface area contributed by atoms with Gasteiger partial charge in [-0.05, 0) is 69.6 Å². The van der Waals surface area contributed by atoms with E-state index in [1.54, 1.807) is 18.2 Å². The number of hydrogen-bond donors (Lipinski definition) is 5. The van der Waals surface area contributed by atoms with Gasteiger partial charge in [0.05, 0.1) is 30.1 Å². The van der Waals surface area contributed by atoms with Gasteiger partial charge in [-0.25, -0.2) is 4.98 Å². The Balaban J connectivity index is 1.35. The van der Waals surface area contributed by atoms with E-state index in [0.29, 0.717) is 23.9 Å². The lowest BCUT2D eigenvalue weighted by Crippen LogP contribution is -2.61. The molecule has 262 valence electrons. The number of aromatic nitrogens is 1. The first kappa shape index (κ1) is 35.9. The van der Waals surface area contributed by atoms with Gasteiger partial charge in [-0.1, -0.05) is 73.9 Å². The number of aliphatic hydroxyl groups is 1. The number of likely N-dealkylation sites (tertiary alicyclic amines) is 1. The molecule has 0 spiro atoms. The predicted molar refractivity (Wildman–Crippen MR) is 188 cm³/mol. The molecule has 4 amide bonds. The Morgan fingerprint density at radius 2 is 1.63 bits per heavy atom. The Morgan fingerprint density at radius 1 is 0.939 bits per heavy atom. The number of piperidine rings is 1. The van der Waals surface area contributed by atoms with Crippen molar-refractivity contribution in [1.29, 1.82) is 0 Å². The molecule has 2 aromatic carbocycles. The Hall–Kier alpha value is -4.35. The van der Waals surface area contributed by atoms with Crippen LogP contribution in [0.2, 0.25) is 0 Å². The summed E-state index contributed by atoms with van der Waals surface area (Å²) in [5.41, 5.74) is 6.70. The summed E-state index contributed by atoms with van der Waals surface area (Å²) in [6, 6.07) is 17.6. The fraction of sp³-hybridized carbons (Fsp3) is 0.500. The second-order valence-electron chi connectivity index (χ2n) is 14.7. The summed E-state index contributed by atoms with van der Waals surface area (Å²) >= 11 is 0. The average molecular weight is 671 g/mol. The molecule has 0 bridgehead atoms. The van der Waals surface area contributed by atoms with Crippen LogP contribution in [0.4, 0.5) is 0 Å². The van der Waals surface area contributed by atoms with Gasteiger partial charge < -0.3 is 26.8 Å². The molecule has 2 fully saturated rings. The number of rotatable bonds is 12. The lowest BCUT2D eigenvalue weighted by molar-refractivity contribution is -0.133. The number of primary amides is 1. The van der Waals surface area contributed by atoms with Gasteiger partial charge in [0.1, 0.15) is 11.7 Å². The molecular formula is C38H50N6O5. The topological polar surface area (TPSA) is 167 Å². The number of hydrogen-bond acceptors (Lipinski definition) is 7. The highest BCUT2D eigenvalue weighted by Gasteiger charge is 2.42. The molecule has 1 saturated heterocycles. The molecule has 1 aliphatic carbocycles. The SMILES string of the molecule is CC(C)(C)NC(=O)C1C[C@@H]2CCCC[C@@H]2CN1C[C@@H](O)[C@H](Cc1ccccc1)NC(=O)[C@H](CC(N)=O)NC(=O)c1ccc2ccccc2n1. The first-order valence-corrected chi connectivity index (χ1v) is 17.4. The molecule has 6 N–H and O–H groups in total. The number of carbonyl (C=O) groups is 4. The van der Waals surface area contributed by atoms with Gasteiger partial charge in [-0.3, -0.25) is 24.1 Å². The summed E-state index contributed by atoms with van der Waals surface area (Å²) < 4.78 is 0. The third kappa shape index (κ3) is 9.86. The molecule has 0 radical (unpaired) electrons. The molecule has 2 heterocycles. The van der Waals surface area contributed by atoms with Crippen LogP contribution in [0.5, 0.6) is 0 Å². The van der Waals surface area contributed by atoms with E-state index < -0.39 is 53.9 Å². The van der Waals surface area contributed by atoms with Crippen LogP contribution in [0.3, 0.4) is 0 Å². The first-order valence-electron chi connectivity index (χ1n) is 17.4. The van der Waals surface area contributed by atoms with Crippen LogP contribution >= 0.6 is 0 Å². The lowest BCUT2D eigenvalue weighted by atomic mass is 9.72. The monoisotopic (exact) mass is 670 g/mol. The summed E-state index contributed by atoms with van der Waals surface area (Å²) in [4.78, 5) is 59.3. The minimum atomic E-state index is -1.30. The number of benzene rings is 2. The number of amides is 4. The van der Waals surface area contributed by atoms with E-state index in [4.69, 9.17) is 5.73 Å². The van der Waals surface area contributed by atoms with Crippen LogP contribution in [0, 0.1) is 11.8 Å². The van der Waals surface area contributed by atoms with E-state index >= 15 is 0 Å². The van der Waals surface area contributed by atoms with Crippen LogP contribution < -0.4 is 21.7 Å². The van der Waals surface area contributed by atoms with Crippen LogP contribution in [0.25, 0.3) is 10.9 Å². The highest BCUT2D eigenvalue weighted by Crippen LogP contribution is 2.39. The minimum Gasteiger partial charge on any atom is -0.390 e. The van der Waals surface area contributed by atoms with Crippen LogP contribution in [-0.2, 0) is 20.8 Å². The summed E-state index contributed by atoms with van der Waals surface area (Å²) in [6.45, 7) is 6.73. The van der Waals surface area contributed by atoms with E-state index in [0.717, 1.165) is 36.6 Å². The molecule has 1 aliphatic heterocycles. The van der Waals surface area contributed by atoms with Gasteiger partial charge in [0, 0.05) is 24.0 Å². The number of carbonyl (C=O) groups excluding carboxylic acids is 4. The fourth-order valence-corrected chi connectivity index (χ4v) is 7.26. The number of nitrogens with one attached hydrogen (secondary N) is 3. The molecule has 5 rings (SSSR count). The number of fused-ring (bicyclic) bond motifs is 2. The zero-order valence-corrected chi connectivity index (χ0v) is 28.7. The number of nitrogens with zero attached hydrogens (tertiary/aromatic N) is 2. The van der Waals surface area contributed by atoms with E-state index in [2.05, 4.69) is 25.8 Å². The van der Waals surface area contributed by atoms with E-state index in [1.807, 2.05) is 69.3 Å². The highest BCUT2D eigenvalue weighted by molar-refractivity contribution is 5.99. The zero-order valence-electron chi connectivity index (χ0n) is 28.7. The summed E-state index contributed by atoms with van der Waals surface area (Å²) in [5.74, 6) is -1.20. The van der Waals surface area contributed by atoms with Crippen molar-refractivity contribution in [2.75, 3.05) is 13.1 Å². The quantitative estimate of drug-likeness (QED) is 0.198. The van der Waals surface area contributed by atoms with Crippen molar-refractivity contribution in [3.63, 3.8) is 0 Å². The molecule has 1 unspecified atom stereocenters. The summed E-state index contributed by atoms with van der Waals surface area (Å²) in [7, 11) is 0. The minimum absolute atomic E-state index is 0.0566. The van der Waals surface area contributed by atoms with E-state index in [1.165, 1.54) is 6.42 Å². The lowest BCUT2D eigenvalue weighted by Gasteiger charge is -2.47. The smallest absolute Gasteiger partial charge is 0.270 e. The Labute approximate surface area is 288 Å². The normalized spacial score (nSPS) is 21.5. The van der Waals surface area contributed by atoms with Crippen molar-refractivity contribution in [2.45, 2.75) is 95.5 Å². The molecule has 11 heteroatoms. The Bertz CT molecular complexity index is 1630. The van der Waals surface area contributed by atoms with Crippen molar-refractivity contribution >= 4 is 34.5 Å². The summed E-state index contributed by atoms with van der Waals surface area (Å²) in [5, 5.41) is 21.4. The molecular weight excluding hydrogens is 620 g/mol. The maximum Gasteiger partial charge on any atom is 0.270 e. The number of β-amino-alcohol motifs (C(OH)–C–C–N with tert-alkyl or cyclic N) is 1. The Morgan fingerprint density at radius 3 is 2.35 bits per heavy atom. The standard InChI is InChI=1S/C38H50N6O5/c1-38(2,3)43-37(49)32-20-26-14-7-8-15-27(26)22-44(32)23-33(45)30(19-24-11-5-4-6-12-24)41-36(48)31(21-34(39)46)42-35(47)29-18-17-25-13-9-10-16-28(25)40-29/h4-6,9-13,16-18,26-27,30-33,45H,7-8,14-15,19-23H2,1-3H3,(H2,39,46)(H,41,48)(H,42,47)(H,43,49)/t26-,27+,30-,31-,32?,33+/m0/s1. The van der Waals surface area contributed by atoms with Gasteiger partial charge in [-0.15, -0.1) is 0 Å². The maximum atomic E-state index is 13.8. The molecule has 11 nitrogen and oxygen atoms in total. The van der Waals surface area contributed by atoms with Gasteiger partial charge >= 0.3 is 0 Å². The first-order chi connectivity index (χ1) is 23.4. The van der Waals surface area contributed by atoms with Crippen LogP contribution in [0.1, 0.15) is 75.3 Å². The second-order valence-corrected chi connectivity index (χ2v) is 14.7. The third-order valence-corrected chi connectivity index (χ3v) is 9.67. The van der Waals surface area contributed by atoms with Crippen molar-refractivity contribution in [2.24, 2.45) is 17.6 Å². The molecule has 6 atom stereocenters. The molecule has 1 aromatic heterocycles. The van der Waals surface area contributed by atoms with Crippen molar-refractivity contribution < 1.29 is 24.3 Å². The highest BCUT2D eigenvalue weighted by atomic mass is 16.3. The van der Waals surface area contributed by atoms with Crippen LogP contribution in [0.15, 0.2) is 66.7 Å².